The van der Waals surface area contributed by atoms with Gasteiger partial charge in [-0.25, -0.2) is 0 Å². The molecule has 8 heteroatoms. The highest BCUT2D eigenvalue weighted by atomic mass is 32.2. The molecule has 0 aromatic heterocycles. The van der Waals surface area contributed by atoms with Gasteiger partial charge in [0.25, 0.3) is 0 Å². The van der Waals surface area contributed by atoms with Gasteiger partial charge in [-0.1, -0.05) is 32.4 Å². The average Bonchev–Trinajstić information content (AvgIpc) is 3.42. The van der Waals surface area contributed by atoms with Crippen LogP contribution in [0.1, 0.15) is 65.7 Å². The van der Waals surface area contributed by atoms with Crippen molar-refractivity contribution in [2.75, 3.05) is 39.3 Å². The Morgan fingerprint density at radius 3 is 2.31 bits per heavy atom. The maximum absolute atomic E-state index is 14.2. The molecule has 3 heterocycles. The number of rotatable bonds is 15. The second-order valence-corrected chi connectivity index (χ2v) is 12.6. The van der Waals surface area contributed by atoms with E-state index >= 15 is 0 Å². The Hall–Kier alpha value is -1.80. The molecule has 3 aliphatic rings. The molecule has 3 fully saturated rings. The highest BCUT2D eigenvalue weighted by Gasteiger charge is 2.77. The summed E-state index contributed by atoms with van der Waals surface area (Å²) >= 11 is 1.73. The minimum atomic E-state index is -0.597. The molecule has 3 aliphatic heterocycles. The second-order valence-electron chi connectivity index (χ2n) is 10.7. The first-order chi connectivity index (χ1) is 17.3. The van der Waals surface area contributed by atoms with Gasteiger partial charge in [-0.2, -0.15) is 0 Å². The van der Waals surface area contributed by atoms with Gasteiger partial charge in [-0.3, -0.25) is 14.4 Å². The summed E-state index contributed by atoms with van der Waals surface area (Å²) in [6, 6.07) is -0.589. The van der Waals surface area contributed by atoms with Crippen molar-refractivity contribution in [3.05, 3.63) is 25.3 Å². The Labute approximate surface area is 221 Å². The minimum Gasteiger partial charge on any atom is -0.396 e. The highest BCUT2D eigenvalue weighted by molar-refractivity contribution is 8.02. The Kier molecular flexibility index (Phi) is 9.72. The van der Waals surface area contributed by atoms with E-state index < -0.39 is 22.6 Å². The van der Waals surface area contributed by atoms with E-state index in [0.29, 0.717) is 45.6 Å². The predicted molar refractivity (Wildman–Crippen MR) is 146 cm³/mol. The van der Waals surface area contributed by atoms with Crippen LogP contribution in [0.25, 0.3) is 0 Å². The van der Waals surface area contributed by atoms with E-state index in [0.717, 1.165) is 32.1 Å². The van der Waals surface area contributed by atoms with Gasteiger partial charge in [0.15, 0.2) is 0 Å². The summed E-state index contributed by atoms with van der Waals surface area (Å²) in [5.41, 5.74) is 0. The van der Waals surface area contributed by atoms with Crippen LogP contribution >= 0.6 is 11.8 Å². The molecule has 1 N–H and O–H groups in total. The number of hydrogen-bond acceptors (Lipinski definition) is 5. The molecular weight excluding hydrogens is 474 g/mol. The lowest BCUT2D eigenvalue weighted by molar-refractivity contribution is -0.145. The van der Waals surface area contributed by atoms with Gasteiger partial charge < -0.3 is 19.8 Å². The first-order valence-electron chi connectivity index (χ1n) is 13.7. The Bertz CT molecular complexity index is 851. The van der Waals surface area contributed by atoms with Crippen molar-refractivity contribution in [1.82, 2.24) is 14.7 Å². The van der Waals surface area contributed by atoms with Gasteiger partial charge in [0.2, 0.25) is 17.7 Å². The topological polar surface area (TPSA) is 81.2 Å². The SMILES string of the molecule is C=CCN(CCCC)C(=O)C1N(CCCCO)C(=O)[C@@H]2[C@@H](C(=O)N(CC=C)CCC)[C@@]3(C)CCC12S3. The number of aliphatic hydroxyl groups is 1. The van der Waals surface area contributed by atoms with Crippen molar-refractivity contribution < 1.29 is 19.5 Å². The molecule has 36 heavy (non-hydrogen) atoms. The number of nitrogens with zero attached hydrogens (tertiary/aromatic N) is 3. The van der Waals surface area contributed by atoms with Crippen LogP contribution in [-0.2, 0) is 14.4 Å². The van der Waals surface area contributed by atoms with Crippen LogP contribution in [0.4, 0.5) is 0 Å². The lowest BCUT2D eigenvalue weighted by Gasteiger charge is -2.38. The van der Waals surface area contributed by atoms with Crippen LogP contribution in [0.15, 0.2) is 25.3 Å². The largest absolute Gasteiger partial charge is 0.396 e. The standard InChI is InChI=1S/C28H45N3O4S/c1-6-10-18-30(17-9-4)26(35)23-28-14-13-27(5,36-28)21(24(33)29(15-7-2)16-8-3)22(28)25(34)31(23)19-11-12-20-32/h7,9,21-23,32H,2,4,6,8,10-20H2,1,3,5H3/t21-,22-,23?,27+,28?/m0/s1. The van der Waals surface area contributed by atoms with E-state index in [2.05, 4.69) is 27.0 Å². The molecule has 0 aliphatic carbocycles. The monoisotopic (exact) mass is 519 g/mol. The van der Waals surface area contributed by atoms with Crippen LogP contribution < -0.4 is 0 Å². The summed E-state index contributed by atoms with van der Waals surface area (Å²) in [5.74, 6) is -1.02. The zero-order chi connectivity index (χ0) is 26.5. The number of fused-ring (bicyclic) bond motifs is 1. The molecule has 5 atom stereocenters. The molecule has 2 bridgehead atoms. The number of carbonyl (C=O) groups is 3. The fraction of sp³-hybridized carbons (Fsp3) is 0.750. The number of hydrogen-bond donors (Lipinski definition) is 1. The predicted octanol–water partition coefficient (Wildman–Crippen LogP) is 3.48. The van der Waals surface area contributed by atoms with E-state index in [1.54, 1.807) is 28.8 Å². The van der Waals surface area contributed by atoms with Crippen LogP contribution in [0.2, 0.25) is 0 Å². The quantitative estimate of drug-likeness (QED) is 0.265. The van der Waals surface area contributed by atoms with Gasteiger partial charge in [-0.15, -0.1) is 24.9 Å². The maximum Gasteiger partial charge on any atom is 0.247 e. The molecule has 202 valence electrons. The summed E-state index contributed by atoms with van der Waals surface area (Å²) in [5, 5.41) is 9.36. The number of thioether (sulfide) groups is 1. The number of unbranched alkanes of at least 4 members (excludes halogenated alkanes) is 2. The molecule has 2 unspecified atom stereocenters. The van der Waals surface area contributed by atoms with Gasteiger partial charge >= 0.3 is 0 Å². The van der Waals surface area contributed by atoms with Crippen molar-refractivity contribution >= 4 is 29.5 Å². The van der Waals surface area contributed by atoms with Crippen molar-refractivity contribution in [2.24, 2.45) is 11.8 Å². The molecule has 3 amide bonds. The van der Waals surface area contributed by atoms with Crippen molar-refractivity contribution in [3.8, 4) is 0 Å². The summed E-state index contributed by atoms with van der Waals surface area (Å²) in [6.45, 7) is 16.6. The Morgan fingerprint density at radius 1 is 1.06 bits per heavy atom. The smallest absolute Gasteiger partial charge is 0.247 e. The fourth-order valence-electron chi connectivity index (χ4n) is 6.60. The summed E-state index contributed by atoms with van der Waals surface area (Å²) < 4.78 is -0.965. The lowest BCUT2D eigenvalue weighted by Crippen LogP contribution is -2.55. The summed E-state index contributed by atoms with van der Waals surface area (Å²) in [7, 11) is 0. The molecule has 0 radical (unpaired) electrons. The fourth-order valence-corrected chi connectivity index (χ4v) is 8.94. The Balaban J connectivity index is 2.04. The molecule has 3 saturated heterocycles. The van der Waals surface area contributed by atoms with Gasteiger partial charge in [0.1, 0.15) is 6.04 Å². The molecule has 3 rings (SSSR count). The molecule has 0 saturated carbocycles. The number of likely N-dealkylation sites (tertiary alicyclic amines) is 1. The average molecular weight is 520 g/mol. The van der Waals surface area contributed by atoms with Gasteiger partial charge in [-0.05, 0) is 45.4 Å². The first kappa shape index (κ1) is 28.8. The van der Waals surface area contributed by atoms with Crippen molar-refractivity contribution in [2.45, 2.75) is 81.3 Å². The number of aliphatic hydroxyl groups excluding tert-OH is 1. The van der Waals surface area contributed by atoms with E-state index in [-0.39, 0.29) is 29.1 Å². The van der Waals surface area contributed by atoms with Crippen molar-refractivity contribution in [1.29, 1.82) is 0 Å². The third-order valence-corrected chi connectivity index (χ3v) is 10.2. The maximum atomic E-state index is 14.2. The van der Waals surface area contributed by atoms with Crippen LogP contribution in [-0.4, -0.2) is 92.4 Å². The molecular formula is C28H45N3O4S. The minimum absolute atomic E-state index is 0.0176. The molecule has 0 aromatic carbocycles. The lowest BCUT2D eigenvalue weighted by atomic mass is 9.66. The third-order valence-electron chi connectivity index (χ3n) is 8.18. The van der Waals surface area contributed by atoms with Gasteiger partial charge in [0.05, 0.1) is 16.6 Å². The number of carbonyl (C=O) groups excluding carboxylic acids is 3. The van der Waals surface area contributed by atoms with E-state index in [9.17, 15) is 19.5 Å². The third kappa shape index (κ3) is 5.00. The first-order valence-corrected chi connectivity index (χ1v) is 14.5. The van der Waals surface area contributed by atoms with E-state index in [4.69, 9.17) is 0 Å². The summed E-state index contributed by atoms with van der Waals surface area (Å²) in [4.78, 5) is 47.7. The number of amides is 3. The summed E-state index contributed by atoms with van der Waals surface area (Å²) in [6.07, 6.45) is 8.97. The van der Waals surface area contributed by atoms with E-state index in [1.165, 1.54) is 0 Å². The molecule has 0 aromatic rings. The highest BCUT2D eigenvalue weighted by Crippen LogP contribution is 2.71. The second kappa shape index (κ2) is 12.2. The Morgan fingerprint density at radius 2 is 1.72 bits per heavy atom. The zero-order valence-electron chi connectivity index (χ0n) is 22.4. The zero-order valence-corrected chi connectivity index (χ0v) is 23.2. The normalized spacial score (nSPS) is 30.4. The van der Waals surface area contributed by atoms with Crippen molar-refractivity contribution in [3.63, 3.8) is 0 Å². The van der Waals surface area contributed by atoms with Crippen LogP contribution in [0.5, 0.6) is 0 Å². The molecule has 1 spiro atoms. The van der Waals surface area contributed by atoms with E-state index in [1.807, 2.05) is 16.7 Å². The molecule has 7 nitrogen and oxygen atoms in total. The van der Waals surface area contributed by atoms with Gasteiger partial charge in [0, 0.05) is 44.1 Å². The van der Waals surface area contributed by atoms with Crippen LogP contribution in [0, 0.1) is 11.8 Å². The van der Waals surface area contributed by atoms with Crippen LogP contribution in [0.3, 0.4) is 0 Å².